The molecule has 0 atom stereocenters. The van der Waals surface area contributed by atoms with E-state index in [9.17, 15) is 9.59 Å². The van der Waals surface area contributed by atoms with Crippen LogP contribution in [0, 0.1) is 0 Å². The van der Waals surface area contributed by atoms with E-state index in [4.69, 9.17) is 19.9 Å². The highest BCUT2D eigenvalue weighted by atomic mass is 16.5. The lowest BCUT2D eigenvalue weighted by atomic mass is 9.88. The maximum Gasteiger partial charge on any atom is 0.349 e. The number of amides is 1. The standard InChI is InChI=1S/C23H28N4O4/c24-21(28)17-12-16-13-18-19(14-20(16)31-23(17)29)27(7-6-26-8-10-30-11-9-26)22(25-18)15-4-2-1-3-5-15/h12-15H,1-11H2,(H2,24,28). The molecule has 8 heteroatoms. The average Bonchev–Trinajstić information content (AvgIpc) is 3.14. The fraction of sp³-hybridized carbons (Fsp3) is 0.522. The van der Waals surface area contributed by atoms with Gasteiger partial charge in [-0.2, -0.15) is 0 Å². The third-order valence-electron chi connectivity index (χ3n) is 6.61. The highest BCUT2D eigenvalue weighted by Crippen LogP contribution is 2.35. The number of carbonyl (C=O) groups excluding carboxylic acids is 1. The molecule has 5 rings (SSSR count). The lowest BCUT2D eigenvalue weighted by Gasteiger charge is -2.28. The van der Waals surface area contributed by atoms with Crippen LogP contribution < -0.4 is 11.4 Å². The van der Waals surface area contributed by atoms with Gasteiger partial charge in [0.2, 0.25) is 0 Å². The molecule has 0 radical (unpaired) electrons. The molecule has 1 aliphatic carbocycles. The van der Waals surface area contributed by atoms with Crippen molar-refractivity contribution in [3.05, 3.63) is 40.0 Å². The molecule has 2 aliphatic rings. The number of hydrogen-bond donors (Lipinski definition) is 1. The minimum absolute atomic E-state index is 0.133. The van der Waals surface area contributed by atoms with Gasteiger partial charge in [0.05, 0.1) is 24.2 Å². The zero-order valence-electron chi connectivity index (χ0n) is 17.6. The molecule has 1 saturated carbocycles. The maximum atomic E-state index is 12.2. The number of rotatable bonds is 5. The van der Waals surface area contributed by atoms with Crippen molar-refractivity contribution >= 4 is 27.9 Å². The van der Waals surface area contributed by atoms with Gasteiger partial charge in [0.15, 0.2) is 0 Å². The van der Waals surface area contributed by atoms with E-state index in [2.05, 4.69) is 9.47 Å². The molecular weight excluding hydrogens is 396 g/mol. The third kappa shape index (κ3) is 3.97. The average molecular weight is 425 g/mol. The summed E-state index contributed by atoms with van der Waals surface area (Å²) in [6, 6.07) is 5.29. The van der Waals surface area contributed by atoms with Gasteiger partial charge in [-0.05, 0) is 25.0 Å². The Kier molecular flexibility index (Phi) is 5.50. The normalized spacial score (nSPS) is 18.7. The number of morpholine rings is 1. The number of nitrogens with zero attached hydrogens (tertiary/aromatic N) is 3. The van der Waals surface area contributed by atoms with Gasteiger partial charge in [0.25, 0.3) is 5.91 Å². The Hall–Kier alpha value is -2.71. The number of carbonyl (C=O) groups is 1. The number of hydrogen-bond acceptors (Lipinski definition) is 6. The number of primary amides is 1. The molecule has 2 fully saturated rings. The molecule has 2 aromatic heterocycles. The molecular formula is C23H28N4O4. The van der Waals surface area contributed by atoms with Crippen LogP contribution in [0.15, 0.2) is 27.4 Å². The highest BCUT2D eigenvalue weighted by molar-refractivity contribution is 5.98. The Morgan fingerprint density at radius 1 is 1.10 bits per heavy atom. The summed E-state index contributed by atoms with van der Waals surface area (Å²) in [5, 5.41) is 0.661. The van der Waals surface area contributed by atoms with Crippen LogP contribution in [0.2, 0.25) is 0 Å². The van der Waals surface area contributed by atoms with Crippen molar-refractivity contribution in [2.45, 2.75) is 44.6 Å². The zero-order valence-corrected chi connectivity index (χ0v) is 17.6. The van der Waals surface area contributed by atoms with Crippen molar-refractivity contribution in [1.82, 2.24) is 14.5 Å². The van der Waals surface area contributed by atoms with E-state index in [0.29, 0.717) is 16.9 Å². The Balaban J connectivity index is 1.59. The Labute approximate surface area is 180 Å². The fourth-order valence-electron chi connectivity index (χ4n) is 4.90. The lowest BCUT2D eigenvalue weighted by Crippen LogP contribution is -2.38. The molecule has 0 unspecified atom stereocenters. The lowest BCUT2D eigenvalue weighted by molar-refractivity contribution is 0.0364. The summed E-state index contributed by atoms with van der Waals surface area (Å²) >= 11 is 0. The van der Waals surface area contributed by atoms with Gasteiger partial charge in [0.1, 0.15) is 17.0 Å². The van der Waals surface area contributed by atoms with Gasteiger partial charge in [-0.15, -0.1) is 0 Å². The van der Waals surface area contributed by atoms with E-state index in [1.54, 1.807) is 0 Å². The van der Waals surface area contributed by atoms with Crippen LogP contribution >= 0.6 is 0 Å². The van der Waals surface area contributed by atoms with Crippen LogP contribution in [-0.2, 0) is 11.3 Å². The molecule has 1 amide bonds. The Morgan fingerprint density at radius 3 is 2.61 bits per heavy atom. The van der Waals surface area contributed by atoms with Crippen LogP contribution in [0.1, 0.15) is 54.2 Å². The first-order valence-corrected chi connectivity index (χ1v) is 11.2. The Bertz CT molecular complexity index is 1170. The zero-order chi connectivity index (χ0) is 21.4. The molecule has 1 aromatic carbocycles. The van der Waals surface area contributed by atoms with Crippen molar-refractivity contribution in [2.75, 3.05) is 32.8 Å². The van der Waals surface area contributed by atoms with Gasteiger partial charge in [0, 0.05) is 43.5 Å². The van der Waals surface area contributed by atoms with E-state index >= 15 is 0 Å². The molecule has 31 heavy (non-hydrogen) atoms. The second-order valence-electron chi connectivity index (χ2n) is 8.60. The van der Waals surface area contributed by atoms with Crippen molar-refractivity contribution in [2.24, 2.45) is 5.73 Å². The number of ether oxygens (including phenoxy) is 1. The summed E-state index contributed by atoms with van der Waals surface area (Å²) in [5.74, 6) is 0.785. The summed E-state index contributed by atoms with van der Waals surface area (Å²) < 4.78 is 13.2. The molecule has 3 heterocycles. The van der Waals surface area contributed by atoms with Crippen molar-refractivity contribution in [3.63, 3.8) is 0 Å². The van der Waals surface area contributed by atoms with Gasteiger partial charge in [-0.25, -0.2) is 9.78 Å². The second kappa shape index (κ2) is 8.43. The summed E-state index contributed by atoms with van der Waals surface area (Å²) in [4.78, 5) is 31.2. The van der Waals surface area contributed by atoms with Gasteiger partial charge in [-0.3, -0.25) is 9.69 Å². The molecule has 1 saturated heterocycles. The monoisotopic (exact) mass is 424 g/mol. The topological polar surface area (TPSA) is 104 Å². The number of imidazole rings is 1. The predicted octanol–water partition coefficient (Wildman–Crippen LogP) is 2.62. The molecule has 2 N–H and O–H groups in total. The predicted molar refractivity (Wildman–Crippen MR) is 117 cm³/mol. The number of aromatic nitrogens is 2. The van der Waals surface area contributed by atoms with E-state index in [-0.39, 0.29) is 5.56 Å². The van der Waals surface area contributed by atoms with Crippen LogP contribution in [0.3, 0.4) is 0 Å². The minimum atomic E-state index is -0.783. The van der Waals surface area contributed by atoms with Gasteiger partial charge >= 0.3 is 5.63 Å². The summed E-state index contributed by atoms with van der Waals surface area (Å²) in [6.07, 6.45) is 6.06. The SMILES string of the molecule is NC(=O)c1cc2cc3nc(C4CCCCC4)n(CCN4CCOCC4)c3cc2oc1=O. The first kappa shape index (κ1) is 20.2. The van der Waals surface area contributed by atoms with Crippen molar-refractivity contribution < 1.29 is 13.9 Å². The van der Waals surface area contributed by atoms with E-state index in [0.717, 1.165) is 69.1 Å². The molecule has 1 aliphatic heterocycles. The Morgan fingerprint density at radius 2 is 1.87 bits per heavy atom. The smallest absolute Gasteiger partial charge is 0.349 e. The summed E-state index contributed by atoms with van der Waals surface area (Å²) in [7, 11) is 0. The third-order valence-corrected chi connectivity index (χ3v) is 6.61. The molecule has 8 nitrogen and oxygen atoms in total. The van der Waals surface area contributed by atoms with E-state index < -0.39 is 11.5 Å². The van der Waals surface area contributed by atoms with Crippen molar-refractivity contribution in [1.29, 1.82) is 0 Å². The minimum Gasteiger partial charge on any atom is -0.422 e. The van der Waals surface area contributed by atoms with Crippen molar-refractivity contribution in [3.8, 4) is 0 Å². The molecule has 164 valence electrons. The fourth-order valence-corrected chi connectivity index (χ4v) is 4.90. The van der Waals surface area contributed by atoms with Gasteiger partial charge < -0.3 is 19.5 Å². The second-order valence-corrected chi connectivity index (χ2v) is 8.60. The molecule has 0 spiro atoms. The summed E-state index contributed by atoms with van der Waals surface area (Å²) in [5.41, 5.74) is 6.76. The largest absolute Gasteiger partial charge is 0.422 e. The first-order chi connectivity index (χ1) is 15.1. The quantitative estimate of drug-likeness (QED) is 0.632. The number of benzene rings is 1. The van der Waals surface area contributed by atoms with Crippen LogP contribution in [-0.4, -0.2) is 53.2 Å². The number of nitrogens with two attached hydrogens (primary N) is 1. The van der Waals surface area contributed by atoms with E-state index in [1.165, 1.54) is 25.3 Å². The first-order valence-electron chi connectivity index (χ1n) is 11.2. The van der Waals surface area contributed by atoms with Crippen LogP contribution in [0.4, 0.5) is 0 Å². The maximum absolute atomic E-state index is 12.2. The van der Waals surface area contributed by atoms with Crippen LogP contribution in [0.5, 0.6) is 0 Å². The molecule has 0 bridgehead atoms. The number of fused-ring (bicyclic) bond motifs is 2. The van der Waals surface area contributed by atoms with Gasteiger partial charge in [-0.1, -0.05) is 19.3 Å². The molecule has 3 aromatic rings. The van der Waals surface area contributed by atoms with Crippen LogP contribution in [0.25, 0.3) is 22.0 Å². The summed E-state index contributed by atoms with van der Waals surface area (Å²) in [6.45, 7) is 5.20. The van der Waals surface area contributed by atoms with E-state index in [1.807, 2.05) is 12.1 Å². The highest BCUT2D eigenvalue weighted by Gasteiger charge is 2.24.